The molecule has 1 atom stereocenters. The maximum atomic E-state index is 12.3. The molecule has 23 heavy (non-hydrogen) atoms. The highest BCUT2D eigenvalue weighted by Crippen LogP contribution is 2.10. The van der Waals surface area contributed by atoms with Crippen molar-refractivity contribution >= 4 is 5.91 Å². The predicted molar refractivity (Wildman–Crippen MR) is 92.6 cm³/mol. The number of likely N-dealkylation sites (N-methyl/N-ethyl adjacent to an activating group) is 1. The lowest BCUT2D eigenvalue weighted by Gasteiger charge is -2.32. The second-order valence-electron chi connectivity index (χ2n) is 6.79. The van der Waals surface area contributed by atoms with Gasteiger partial charge in [-0.2, -0.15) is 0 Å². The van der Waals surface area contributed by atoms with Crippen LogP contribution in [0, 0.1) is 0 Å². The fraction of sp³-hybridized carbons (Fsp3) is 0.611. The summed E-state index contributed by atoms with van der Waals surface area (Å²) in [5, 5.41) is 6.45. The van der Waals surface area contributed by atoms with E-state index in [1.54, 1.807) is 0 Å². The van der Waals surface area contributed by atoms with Gasteiger partial charge in [0.1, 0.15) is 0 Å². The number of hydrogen-bond acceptors (Lipinski definition) is 4. The quantitative estimate of drug-likeness (QED) is 0.867. The van der Waals surface area contributed by atoms with E-state index >= 15 is 0 Å². The Morgan fingerprint density at radius 1 is 1.22 bits per heavy atom. The van der Waals surface area contributed by atoms with Crippen LogP contribution >= 0.6 is 0 Å². The lowest BCUT2D eigenvalue weighted by Crippen LogP contribution is -2.45. The van der Waals surface area contributed by atoms with Crippen molar-refractivity contribution in [3.05, 3.63) is 35.4 Å². The first-order valence-electron chi connectivity index (χ1n) is 8.72. The van der Waals surface area contributed by atoms with Crippen LogP contribution in [0.5, 0.6) is 0 Å². The number of hydrogen-bond donors (Lipinski definition) is 2. The molecule has 3 rings (SSSR count). The average Bonchev–Trinajstić information content (AvgIpc) is 2.58. The molecule has 5 nitrogen and oxygen atoms in total. The Kier molecular flexibility index (Phi) is 5.65. The summed E-state index contributed by atoms with van der Waals surface area (Å²) in [6.07, 6.45) is 2.20. The highest BCUT2D eigenvalue weighted by atomic mass is 16.1. The van der Waals surface area contributed by atoms with Gasteiger partial charge < -0.3 is 15.5 Å². The van der Waals surface area contributed by atoms with Gasteiger partial charge in [0, 0.05) is 50.9 Å². The van der Waals surface area contributed by atoms with Gasteiger partial charge in [-0.1, -0.05) is 12.1 Å². The second kappa shape index (κ2) is 7.90. The number of piperazine rings is 1. The van der Waals surface area contributed by atoms with E-state index in [2.05, 4.69) is 39.6 Å². The minimum atomic E-state index is 0.0462. The summed E-state index contributed by atoms with van der Waals surface area (Å²) >= 11 is 0. The molecule has 0 aliphatic carbocycles. The molecule has 0 spiro atoms. The molecular formula is C18H28N4O. The molecule has 5 heteroatoms. The van der Waals surface area contributed by atoms with Crippen LogP contribution in [0.2, 0.25) is 0 Å². The number of rotatable bonds is 4. The highest BCUT2D eigenvalue weighted by molar-refractivity contribution is 5.94. The van der Waals surface area contributed by atoms with Gasteiger partial charge in [-0.3, -0.25) is 9.69 Å². The van der Waals surface area contributed by atoms with Crippen molar-refractivity contribution in [1.82, 2.24) is 20.4 Å². The average molecular weight is 316 g/mol. The standard InChI is InChI=1S/C18H28N4O/c1-21-9-11-22(12-10-21)14-15-4-6-16(7-5-15)18(23)20-17-3-2-8-19-13-17/h4-7,17,19H,2-3,8-14H2,1H3,(H,20,23). The van der Waals surface area contributed by atoms with E-state index < -0.39 is 0 Å². The third kappa shape index (κ3) is 4.77. The molecule has 0 aromatic heterocycles. The zero-order valence-corrected chi connectivity index (χ0v) is 14.1. The lowest BCUT2D eigenvalue weighted by molar-refractivity contribution is 0.0930. The Hall–Kier alpha value is -1.43. The van der Waals surface area contributed by atoms with Gasteiger partial charge in [0.15, 0.2) is 0 Å². The number of nitrogens with one attached hydrogen (secondary N) is 2. The van der Waals surface area contributed by atoms with Crippen molar-refractivity contribution in [3.8, 4) is 0 Å². The Bertz CT molecular complexity index is 502. The van der Waals surface area contributed by atoms with Gasteiger partial charge >= 0.3 is 0 Å². The Morgan fingerprint density at radius 2 is 1.96 bits per heavy atom. The predicted octanol–water partition coefficient (Wildman–Crippen LogP) is 0.916. The van der Waals surface area contributed by atoms with Crippen LogP contribution in [0.1, 0.15) is 28.8 Å². The topological polar surface area (TPSA) is 47.6 Å². The number of carbonyl (C=O) groups excluding carboxylic acids is 1. The molecular weight excluding hydrogens is 288 g/mol. The van der Waals surface area contributed by atoms with Gasteiger partial charge in [0.2, 0.25) is 0 Å². The van der Waals surface area contributed by atoms with Crippen molar-refractivity contribution in [2.24, 2.45) is 0 Å². The molecule has 0 bridgehead atoms. The first-order valence-corrected chi connectivity index (χ1v) is 8.72. The SMILES string of the molecule is CN1CCN(Cc2ccc(C(=O)NC3CCCNC3)cc2)CC1. The number of carbonyl (C=O) groups is 1. The Morgan fingerprint density at radius 3 is 2.61 bits per heavy atom. The van der Waals surface area contributed by atoms with E-state index in [4.69, 9.17) is 0 Å². The Balaban J connectivity index is 1.51. The van der Waals surface area contributed by atoms with E-state index in [0.29, 0.717) is 0 Å². The summed E-state index contributed by atoms with van der Waals surface area (Å²) in [6, 6.07) is 8.36. The van der Waals surface area contributed by atoms with Crippen LogP contribution in [-0.2, 0) is 6.54 Å². The van der Waals surface area contributed by atoms with Gasteiger partial charge in [-0.05, 0) is 44.1 Å². The summed E-state index contributed by atoms with van der Waals surface area (Å²) in [4.78, 5) is 17.1. The molecule has 2 saturated heterocycles. The summed E-state index contributed by atoms with van der Waals surface area (Å²) in [5.74, 6) is 0.0462. The van der Waals surface area contributed by atoms with Crippen molar-refractivity contribution in [1.29, 1.82) is 0 Å². The molecule has 1 unspecified atom stereocenters. The zero-order valence-electron chi connectivity index (χ0n) is 14.1. The smallest absolute Gasteiger partial charge is 0.251 e. The minimum Gasteiger partial charge on any atom is -0.348 e. The first-order chi connectivity index (χ1) is 11.2. The largest absolute Gasteiger partial charge is 0.348 e. The van der Waals surface area contributed by atoms with Crippen LogP contribution in [0.15, 0.2) is 24.3 Å². The molecule has 2 fully saturated rings. The van der Waals surface area contributed by atoms with E-state index in [1.165, 1.54) is 5.56 Å². The van der Waals surface area contributed by atoms with E-state index in [1.807, 2.05) is 12.1 Å². The highest BCUT2D eigenvalue weighted by Gasteiger charge is 2.17. The van der Waals surface area contributed by atoms with Crippen LogP contribution in [0.3, 0.4) is 0 Å². The van der Waals surface area contributed by atoms with E-state index in [9.17, 15) is 4.79 Å². The Labute approximate surface area is 139 Å². The monoisotopic (exact) mass is 316 g/mol. The number of piperidine rings is 1. The van der Waals surface area contributed by atoms with Gasteiger partial charge in [-0.15, -0.1) is 0 Å². The molecule has 2 aliphatic rings. The molecule has 2 heterocycles. The molecule has 0 saturated carbocycles. The molecule has 1 amide bonds. The second-order valence-corrected chi connectivity index (χ2v) is 6.79. The van der Waals surface area contributed by atoms with Crippen LogP contribution in [0.25, 0.3) is 0 Å². The fourth-order valence-electron chi connectivity index (χ4n) is 3.27. The van der Waals surface area contributed by atoms with Crippen molar-refractivity contribution < 1.29 is 4.79 Å². The lowest BCUT2D eigenvalue weighted by atomic mass is 10.1. The molecule has 2 N–H and O–H groups in total. The maximum Gasteiger partial charge on any atom is 0.251 e. The molecule has 1 aromatic carbocycles. The summed E-state index contributed by atoms with van der Waals surface area (Å²) in [6.45, 7) is 7.43. The van der Waals surface area contributed by atoms with Gasteiger partial charge in [-0.25, -0.2) is 0 Å². The summed E-state index contributed by atoms with van der Waals surface area (Å²) in [5.41, 5.74) is 2.04. The first kappa shape index (κ1) is 16.4. The molecule has 126 valence electrons. The van der Waals surface area contributed by atoms with Crippen LogP contribution in [-0.4, -0.2) is 68.1 Å². The third-order valence-electron chi connectivity index (χ3n) is 4.85. The molecule has 0 radical (unpaired) electrons. The van der Waals surface area contributed by atoms with Crippen molar-refractivity contribution in [2.75, 3.05) is 46.3 Å². The van der Waals surface area contributed by atoms with Crippen LogP contribution < -0.4 is 10.6 Å². The maximum absolute atomic E-state index is 12.3. The number of benzene rings is 1. The van der Waals surface area contributed by atoms with Crippen LogP contribution in [0.4, 0.5) is 0 Å². The van der Waals surface area contributed by atoms with Crippen molar-refractivity contribution in [3.63, 3.8) is 0 Å². The number of nitrogens with zero attached hydrogens (tertiary/aromatic N) is 2. The number of amides is 1. The minimum absolute atomic E-state index is 0.0462. The summed E-state index contributed by atoms with van der Waals surface area (Å²) in [7, 11) is 2.17. The molecule has 2 aliphatic heterocycles. The normalized spacial score (nSPS) is 23.6. The summed E-state index contributed by atoms with van der Waals surface area (Å²) < 4.78 is 0. The van der Waals surface area contributed by atoms with Gasteiger partial charge in [0.25, 0.3) is 5.91 Å². The molecule has 1 aromatic rings. The van der Waals surface area contributed by atoms with E-state index in [-0.39, 0.29) is 11.9 Å². The zero-order chi connectivity index (χ0) is 16.1. The van der Waals surface area contributed by atoms with E-state index in [0.717, 1.165) is 64.2 Å². The third-order valence-corrected chi connectivity index (χ3v) is 4.85. The van der Waals surface area contributed by atoms with Gasteiger partial charge in [0.05, 0.1) is 0 Å². The van der Waals surface area contributed by atoms with Crippen molar-refractivity contribution in [2.45, 2.75) is 25.4 Å². The fourth-order valence-corrected chi connectivity index (χ4v) is 3.27.